The normalized spacial score (nSPS) is 26.6. The number of azide groups is 2. The fraction of sp³-hybridized carbons (Fsp3) is 0.562. The molecule has 0 spiro atoms. The van der Waals surface area contributed by atoms with E-state index in [-0.39, 0.29) is 36.6 Å². The van der Waals surface area contributed by atoms with Gasteiger partial charge in [0.15, 0.2) is 0 Å². The van der Waals surface area contributed by atoms with Crippen LogP contribution in [0, 0.1) is 11.8 Å². The van der Waals surface area contributed by atoms with Crippen LogP contribution in [0.4, 0.5) is 4.79 Å². The van der Waals surface area contributed by atoms with Gasteiger partial charge < -0.3 is 9.64 Å². The molecule has 2 fully saturated rings. The number of benzene rings is 1. The zero-order valence-corrected chi connectivity index (χ0v) is 13.7. The van der Waals surface area contributed by atoms with E-state index in [2.05, 4.69) is 20.1 Å². The quantitative estimate of drug-likeness (QED) is 0.440. The highest BCUT2D eigenvalue weighted by atomic mass is 16.6. The molecular formula is C16H19N7O2. The number of hydrogen-bond donors (Lipinski definition) is 0. The van der Waals surface area contributed by atoms with E-state index < -0.39 is 0 Å². The molecule has 25 heavy (non-hydrogen) atoms. The number of nitrogens with zero attached hydrogens (tertiary/aromatic N) is 7. The Morgan fingerprint density at radius 3 is 2.16 bits per heavy atom. The summed E-state index contributed by atoms with van der Waals surface area (Å²) < 4.78 is 5.48. The Bertz CT molecular complexity index is 678. The van der Waals surface area contributed by atoms with E-state index in [0.29, 0.717) is 13.1 Å². The summed E-state index contributed by atoms with van der Waals surface area (Å²) >= 11 is 0. The third kappa shape index (κ3) is 3.47. The van der Waals surface area contributed by atoms with Crippen molar-refractivity contribution in [3.05, 3.63) is 56.8 Å². The Labute approximate surface area is 144 Å². The number of fused-ring (bicyclic) bond motifs is 2. The Balaban J connectivity index is 1.71. The molecule has 130 valence electrons. The van der Waals surface area contributed by atoms with E-state index >= 15 is 0 Å². The monoisotopic (exact) mass is 341 g/mol. The lowest BCUT2D eigenvalue weighted by Gasteiger charge is -2.25. The third-order valence-electron chi connectivity index (χ3n) is 5.14. The van der Waals surface area contributed by atoms with Crippen molar-refractivity contribution >= 4 is 6.09 Å². The summed E-state index contributed by atoms with van der Waals surface area (Å²) in [4.78, 5) is 20.0. The van der Waals surface area contributed by atoms with E-state index in [1.165, 1.54) is 0 Å². The predicted octanol–water partition coefficient (Wildman–Crippen LogP) is 4.02. The third-order valence-corrected chi connectivity index (χ3v) is 5.14. The molecule has 9 heteroatoms. The summed E-state index contributed by atoms with van der Waals surface area (Å²) in [7, 11) is 0. The number of amides is 1. The molecular weight excluding hydrogens is 322 g/mol. The van der Waals surface area contributed by atoms with Crippen LogP contribution in [0.2, 0.25) is 0 Å². The molecule has 9 nitrogen and oxygen atoms in total. The molecule has 1 aromatic carbocycles. The summed E-state index contributed by atoms with van der Waals surface area (Å²) in [6.07, 6.45) is 1.35. The molecule has 0 aromatic heterocycles. The van der Waals surface area contributed by atoms with Gasteiger partial charge in [0.2, 0.25) is 0 Å². The van der Waals surface area contributed by atoms with E-state index in [0.717, 1.165) is 18.4 Å². The lowest BCUT2D eigenvalue weighted by molar-refractivity contribution is 0.0877. The number of carbonyl (C=O) groups excluding carboxylic acids is 1. The molecule has 0 radical (unpaired) electrons. The molecule has 2 saturated heterocycles. The minimum absolute atomic E-state index is 0.00410. The number of ether oxygens (including phenoxy) is 1. The van der Waals surface area contributed by atoms with Crippen molar-refractivity contribution in [3.63, 3.8) is 0 Å². The van der Waals surface area contributed by atoms with Gasteiger partial charge in [-0.3, -0.25) is 0 Å². The smallest absolute Gasteiger partial charge is 0.410 e. The predicted molar refractivity (Wildman–Crippen MR) is 90.3 cm³/mol. The van der Waals surface area contributed by atoms with Gasteiger partial charge in [-0.1, -0.05) is 40.6 Å². The molecule has 2 heterocycles. The van der Waals surface area contributed by atoms with Gasteiger partial charge in [0, 0.05) is 35.0 Å². The minimum Gasteiger partial charge on any atom is -0.445 e. The summed E-state index contributed by atoms with van der Waals surface area (Å²) in [5.74, 6) is 0.00819. The van der Waals surface area contributed by atoms with Crippen molar-refractivity contribution in [1.82, 2.24) is 4.90 Å². The van der Waals surface area contributed by atoms with Crippen LogP contribution < -0.4 is 0 Å². The van der Waals surface area contributed by atoms with Crippen molar-refractivity contribution in [2.24, 2.45) is 22.1 Å². The van der Waals surface area contributed by atoms with Crippen molar-refractivity contribution in [2.45, 2.75) is 31.5 Å². The van der Waals surface area contributed by atoms with Gasteiger partial charge in [0.05, 0.1) is 0 Å². The fourth-order valence-corrected chi connectivity index (χ4v) is 4.12. The molecule has 1 amide bonds. The second-order valence-corrected chi connectivity index (χ2v) is 6.31. The van der Waals surface area contributed by atoms with Crippen molar-refractivity contribution in [1.29, 1.82) is 0 Å². The summed E-state index contributed by atoms with van der Waals surface area (Å²) in [6, 6.07) is 9.45. The Hall–Kier alpha value is -2.89. The van der Waals surface area contributed by atoms with Gasteiger partial charge in [-0.25, -0.2) is 4.79 Å². The molecule has 2 bridgehead atoms. The molecule has 0 saturated carbocycles. The molecule has 2 aliphatic heterocycles. The molecule has 0 aliphatic carbocycles. The zero-order valence-electron chi connectivity index (χ0n) is 13.7. The average molecular weight is 341 g/mol. The first kappa shape index (κ1) is 17.0. The largest absolute Gasteiger partial charge is 0.445 e. The summed E-state index contributed by atoms with van der Waals surface area (Å²) in [5.41, 5.74) is 18.2. The fourth-order valence-electron chi connectivity index (χ4n) is 4.12. The van der Waals surface area contributed by atoms with Crippen LogP contribution in [0.5, 0.6) is 0 Å². The van der Waals surface area contributed by atoms with Gasteiger partial charge >= 0.3 is 6.09 Å². The van der Waals surface area contributed by atoms with Crippen LogP contribution >= 0.6 is 0 Å². The molecule has 1 aromatic rings. The van der Waals surface area contributed by atoms with E-state index in [1.807, 2.05) is 30.3 Å². The summed E-state index contributed by atoms with van der Waals surface area (Å²) in [5, 5.41) is 7.37. The maximum atomic E-state index is 12.6. The first-order chi connectivity index (χ1) is 12.3. The van der Waals surface area contributed by atoms with E-state index in [9.17, 15) is 4.79 Å². The maximum Gasteiger partial charge on any atom is 0.410 e. The summed E-state index contributed by atoms with van der Waals surface area (Å²) in [6.45, 7) is 0.815. The van der Waals surface area contributed by atoms with E-state index in [1.54, 1.807) is 4.90 Å². The highest BCUT2D eigenvalue weighted by molar-refractivity contribution is 5.69. The number of rotatable bonds is 6. The van der Waals surface area contributed by atoms with Gasteiger partial charge in [-0.2, -0.15) is 0 Å². The van der Waals surface area contributed by atoms with Gasteiger partial charge in [0.25, 0.3) is 0 Å². The van der Waals surface area contributed by atoms with Crippen LogP contribution in [0.3, 0.4) is 0 Å². The lowest BCUT2D eigenvalue weighted by Crippen LogP contribution is -2.37. The first-order valence-electron chi connectivity index (χ1n) is 8.27. The zero-order chi connectivity index (χ0) is 17.6. The van der Waals surface area contributed by atoms with Crippen LogP contribution in [-0.2, 0) is 11.3 Å². The Morgan fingerprint density at radius 2 is 1.64 bits per heavy atom. The van der Waals surface area contributed by atoms with Gasteiger partial charge in [0.1, 0.15) is 6.61 Å². The maximum absolute atomic E-state index is 12.6. The van der Waals surface area contributed by atoms with Crippen LogP contribution in [0.25, 0.3) is 20.9 Å². The van der Waals surface area contributed by atoms with Gasteiger partial charge in [-0.05, 0) is 41.3 Å². The Kier molecular flexibility index (Phi) is 5.28. The lowest BCUT2D eigenvalue weighted by atomic mass is 9.79. The molecule has 0 N–H and O–H groups in total. The first-order valence-corrected chi connectivity index (χ1v) is 8.27. The van der Waals surface area contributed by atoms with Crippen molar-refractivity contribution in [3.8, 4) is 0 Å². The van der Waals surface area contributed by atoms with E-state index in [4.69, 9.17) is 15.8 Å². The highest BCUT2D eigenvalue weighted by Crippen LogP contribution is 2.46. The SMILES string of the molecule is [N-]=[N+]=NCC1C(CN=[N+]=[N-])[C@@H]2CC[C@H]1N2C(=O)OCc1ccccc1. The minimum atomic E-state index is -0.356. The number of hydrogen-bond acceptors (Lipinski definition) is 4. The van der Waals surface area contributed by atoms with Crippen molar-refractivity contribution in [2.75, 3.05) is 13.1 Å². The second-order valence-electron chi connectivity index (χ2n) is 6.31. The Morgan fingerprint density at radius 1 is 1.08 bits per heavy atom. The molecule has 2 aliphatic rings. The van der Waals surface area contributed by atoms with Crippen LogP contribution in [0.15, 0.2) is 40.6 Å². The highest BCUT2D eigenvalue weighted by Gasteiger charge is 2.54. The van der Waals surface area contributed by atoms with Gasteiger partial charge in [-0.15, -0.1) is 0 Å². The molecule has 3 rings (SSSR count). The van der Waals surface area contributed by atoms with Crippen molar-refractivity contribution < 1.29 is 9.53 Å². The molecule has 4 atom stereocenters. The second kappa shape index (κ2) is 7.79. The topological polar surface area (TPSA) is 127 Å². The number of carbonyl (C=O) groups is 1. The average Bonchev–Trinajstić information content (AvgIpc) is 3.19. The standard InChI is InChI=1S/C16H19N7O2/c17-21-19-8-12-13(9-20-22-18)15-7-6-14(12)23(15)16(24)25-10-11-4-2-1-3-5-11/h1-5,12-15H,6-10H2/t12?,13?,14-,15+. The molecule has 2 unspecified atom stereocenters. The van der Waals surface area contributed by atoms with Crippen LogP contribution in [-0.4, -0.2) is 36.2 Å². The van der Waals surface area contributed by atoms with Crippen LogP contribution in [0.1, 0.15) is 18.4 Å².